The van der Waals surface area contributed by atoms with Crippen molar-refractivity contribution < 1.29 is 9.53 Å². The summed E-state index contributed by atoms with van der Waals surface area (Å²) in [7, 11) is 0. The maximum atomic E-state index is 11.7. The van der Waals surface area contributed by atoms with Crippen LogP contribution in [0.1, 0.15) is 41.7 Å². The topological polar surface area (TPSA) is 82.5 Å². The molecule has 0 bridgehead atoms. The number of carbonyl (C=O) groups excluding carboxylic acids is 1. The van der Waals surface area contributed by atoms with Gasteiger partial charge in [-0.05, 0) is 19.8 Å². The van der Waals surface area contributed by atoms with Crippen LogP contribution < -0.4 is 5.73 Å². The molecule has 94 valence electrons. The van der Waals surface area contributed by atoms with Crippen molar-refractivity contribution in [3.8, 4) is 0 Å². The van der Waals surface area contributed by atoms with E-state index in [0.717, 1.165) is 18.5 Å². The minimum atomic E-state index is -0.465. The third-order valence-corrected chi connectivity index (χ3v) is 3.03. The molecule has 6 nitrogen and oxygen atoms in total. The molecule has 2 aromatic heterocycles. The van der Waals surface area contributed by atoms with Gasteiger partial charge in [-0.2, -0.15) is 9.61 Å². The first-order chi connectivity index (χ1) is 8.70. The van der Waals surface area contributed by atoms with Gasteiger partial charge < -0.3 is 10.5 Å². The smallest absolute Gasteiger partial charge is 0.343 e. The van der Waals surface area contributed by atoms with E-state index in [1.807, 2.05) is 6.07 Å². The molecule has 0 radical (unpaired) electrons. The zero-order valence-electron chi connectivity index (χ0n) is 10.1. The Bertz CT molecular complexity index is 616. The summed E-state index contributed by atoms with van der Waals surface area (Å²) in [4.78, 5) is 15.9. The highest BCUT2D eigenvalue weighted by atomic mass is 16.5. The van der Waals surface area contributed by atoms with Crippen LogP contribution in [0.25, 0.3) is 5.65 Å². The van der Waals surface area contributed by atoms with Crippen molar-refractivity contribution in [2.45, 2.75) is 25.7 Å². The fourth-order valence-corrected chi connectivity index (χ4v) is 1.91. The predicted molar refractivity (Wildman–Crippen MR) is 65.3 cm³/mol. The lowest BCUT2D eigenvalue weighted by molar-refractivity contribution is 0.0526. The van der Waals surface area contributed by atoms with Crippen molar-refractivity contribution in [1.29, 1.82) is 0 Å². The van der Waals surface area contributed by atoms with Crippen molar-refractivity contribution in [1.82, 2.24) is 14.6 Å². The lowest BCUT2D eigenvalue weighted by atomic mass is 10.3. The highest BCUT2D eigenvalue weighted by Crippen LogP contribution is 2.39. The standard InChI is InChI=1S/C12H14N4O2/c1-2-18-12(17)8-6-14-10-5-9(7-3-4-7)15-16(10)11(8)13/h5-7H,2-4,13H2,1H3. The molecule has 18 heavy (non-hydrogen) atoms. The number of hydrogen-bond acceptors (Lipinski definition) is 5. The minimum absolute atomic E-state index is 0.259. The molecule has 1 aliphatic carbocycles. The summed E-state index contributed by atoms with van der Waals surface area (Å²) in [5, 5.41) is 4.40. The second-order valence-electron chi connectivity index (χ2n) is 4.39. The largest absolute Gasteiger partial charge is 0.462 e. The number of anilines is 1. The van der Waals surface area contributed by atoms with Crippen LogP contribution >= 0.6 is 0 Å². The van der Waals surface area contributed by atoms with Gasteiger partial charge in [-0.15, -0.1) is 0 Å². The van der Waals surface area contributed by atoms with Gasteiger partial charge in [0.15, 0.2) is 5.65 Å². The first kappa shape index (κ1) is 11.0. The number of carbonyl (C=O) groups is 1. The molecular weight excluding hydrogens is 232 g/mol. The number of rotatable bonds is 3. The third kappa shape index (κ3) is 1.70. The van der Waals surface area contributed by atoms with E-state index in [-0.39, 0.29) is 11.4 Å². The molecule has 3 rings (SSSR count). The first-order valence-electron chi connectivity index (χ1n) is 6.02. The number of aromatic nitrogens is 3. The van der Waals surface area contributed by atoms with Gasteiger partial charge in [0.05, 0.1) is 12.3 Å². The van der Waals surface area contributed by atoms with Crippen molar-refractivity contribution in [3.05, 3.63) is 23.5 Å². The molecule has 0 aromatic carbocycles. The normalized spacial score (nSPS) is 14.9. The number of nitrogens with two attached hydrogens (primary N) is 1. The van der Waals surface area contributed by atoms with Crippen LogP contribution in [0, 0.1) is 0 Å². The summed E-state index contributed by atoms with van der Waals surface area (Å²) in [6, 6.07) is 1.92. The highest BCUT2D eigenvalue weighted by molar-refractivity contribution is 5.94. The Morgan fingerprint density at radius 1 is 1.61 bits per heavy atom. The van der Waals surface area contributed by atoms with Gasteiger partial charge in [0.1, 0.15) is 11.4 Å². The lowest BCUT2D eigenvalue weighted by Crippen LogP contribution is -2.12. The average Bonchev–Trinajstić information content (AvgIpc) is 3.10. The minimum Gasteiger partial charge on any atom is -0.462 e. The Balaban J connectivity index is 2.07. The molecule has 0 amide bonds. The summed E-state index contributed by atoms with van der Waals surface area (Å²) in [6.45, 7) is 2.06. The van der Waals surface area contributed by atoms with Crippen LogP contribution in [-0.4, -0.2) is 27.2 Å². The molecule has 0 saturated heterocycles. The summed E-state index contributed by atoms with van der Waals surface area (Å²) in [6.07, 6.45) is 3.77. The van der Waals surface area contributed by atoms with Crippen molar-refractivity contribution >= 4 is 17.4 Å². The van der Waals surface area contributed by atoms with E-state index in [2.05, 4.69) is 10.1 Å². The van der Waals surface area contributed by atoms with Crippen LogP contribution in [0.5, 0.6) is 0 Å². The van der Waals surface area contributed by atoms with Crippen LogP contribution in [-0.2, 0) is 4.74 Å². The Morgan fingerprint density at radius 3 is 3.06 bits per heavy atom. The average molecular weight is 246 g/mol. The molecule has 0 unspecified atom stereocenters. The van der Waals surface area contributed by atoms with E-state index in [4.69, 9.17) is 10.5 Å². The van der Waals surface area contributed by atoms with Gasteiger partial charge in [-0.3, -0.25) is 0 Å². The van der Waals surface area contributed by atoms with Crippen LogP contribution in [0.3, 0.4) is 0 Å². The van der Waals surface area contributed by atoms with E-state index < -0.39 is 5.97 Å². The van der Waals surface area contributed by atoms with Gasteiger partial charge >= 0.3 is 5.97 Å². The maximum absolute atomic E-state index is 11.7. The number of nitrogens with zero attached hydrogens (tertiary/aromatic N) is 3. The van der Waals surface area contributed by atoms with E-state index in [1.165, 1.54) is 10.7 Å². The van der Waals surface area contributed by atoms with Crippen molar-refractivity contribution in [2.24, 2.45) is 0 Å². The fraction of sp³-hybridized carbons (Fsp3) is 0.417. The van der Waals surface area contributed by atoms with Crippen molar-refractivity contribution in [3.63, 3.8) is 0 Å². The molecule has 6 heteroatoms. The van der Waals surface area contributed by atoms with E-state index in [9.17, 15) is 4.79 Å². The molecule has 1 fully saturated rings. The SMILES string of the molecule is CCOC(=O)c1cnc2cc(C3CC3)nn2c1N. The Hall–Kier alpha value is -2.11. The molecule has 2 aromatic rings. The molecule has 0 spiro atoms. The number of ether oxygens (including phenoxy) is 1. The lowest BCUT2D eigenvalue weighted by Gasteiger charge is -2.05. The van der Waals surface area contributed by atoms with E-state index >= 15 is 0 Å². The van der Waals surface area contributed by atoms with Gasteiger partial charge in [0, 0.05) is 18.2 Å². The predicted octanol–water partition coefficient (Wildman–Crippen LogP) is 1.37. The van der Waals surface area contributed by atoms with E-state index in [0.29, 0.717) is 18.2 Å². The van der Waals surface area contributed by atoms with E-state index in [1.54, 1.807) is 6.92 Å². The number of hydrogen-bond donors (Lipinski definition) is 1. The summed E-state index contributed by atoms with van der Waals surface area (Å²) >= 11 is 0. The number of fused-ring (bicyclic) bond motifs is 1. The quantitative estimate of drug-likeness (QED) is 0.827. The molecule has 0 atom stereocenters. The second kappa shape index (κ2) is 3.97. The summed E-state index contributed by atoms with van der Waals surface area (Å²) in [5.74, 6) is 0.343. The van der Waals surface area contributed by atoms with Crippen LogP contribution in [0.15, 0.2) is 12.3 Å². The Kier molecular flexibility index (Phi) is 2.43. The van der Waals surface area contributed by atoms with Gasteiger partial charge in [-0.1, -0.05) is 0 Å². The summed E-state index contributed by atoms with van der Waals surface area (Å²) in [5.41, 5.74) is 7.87. The second-order valence-corrected chi connectivity index (χ2v) is 4.39. The zero-order valence-corrected chi connectivity index (χ0v) is 10.1. The van der Waals surface area contributed by atoms with Gasteiger partial charge in [0.2, 0.25) is 0 Å². The summed E-state index contributed by atoms with van der Waals surface area (Å²) < 4.78 is 6.44. The Morgan fingerprint density at radius 2 is 2.39 bits per heavy atom. The molecule has 1 saturated carbocycles. The first-order valence-corrected chi connectivity index (χ1v) is 6.02. The molecule has 0 aliphatic heterocycles. The van der Waals surface area contributed by atoms with Gasteiger partial charge in [0.25, 0.3) is 0 Å². The molecule has 2 N–H and O–H groups in total. The zero-order chi connectivity index (χ0) is 12.7. The van der Waals surface area contributed by atoms with Crippen LogP contribution in [0.4, 0.5) is 5.82 Å². The number of esters is 1. The van der Waals surface area contributed by atoms with Gasteiger partial charge in [-0.25, -0.2) is 9.78 Å². The Labute approximate surface area is 104 Å². The monoisotopic (exact) mass is 246 g/mol. The molecule has 1 aliphatic rings. The number of nitrogen functional groups attached to an aromatic ring is 1. The third-order valence-electron chi connectivity index (χ3n) is 3.03. The maximum Gasteiger partial charge on any atom is 0.343 e. The fourth-order valence-electron chi connectivity index (χ4n) is 1.91. The molecular formula is C12H14N4O2. The van der Waals surface area contributed by atoms with Crippen molar-refractivity contribution in [2.75, 3.05) is 12.3 Å². The molecule has 2 heterocycles. The van der Waals surface area contributed by atoms with Crippen LogP contribution in [0.2, 0.25) is 0 Å². The highest BCUT2D eigenvalue weighted by Gasteiger charge is 2.27.